The molecular formula is C20H25NO4. The van der Waals surface area contributed by atoms with Crippen molar-refractivity contribution in [3.8, 4) is 0 Å². The molecule has 2 atom stereocenters. The van der Waals surface area contributed by atoms with Gasteiger partial charge in [0.25, 0.3) is 5.91 Å². The molecule has 3 rings (SSSR count). The monoisotopic (exact) mass is 343 g/mol. The summed E-state index contributed by atoms with van der Waals surface area (Å²) in [5.74, 6) is -0.792. The summed E-state index contributed by atoms with van der Waals surface area (Å²) in [6, 6.07) is 7.37. The number of nitrogens with zero attached hydrogens (tertiary/aromatic N) is 1. The largest absolute Gasteiger partial charge is 0.503 e. The van der Waals surface area contributed by atoms with Gasteiger partial charge in [0.2, 0.25) is 0 Å². The van der Waals surface area contributed by atoms with Crippen LogP contribution in [0.5, 0.6) is 0 Å². The van der Waals surface area contributed by atoms with Crippen molar-refractivity contribution in [3.63, 3.8) is 0 Å². The SMILES string of the molecule is CC(=O)C1=C(O)C(=O)N(C[C@H]2CCCO2)[C@H]1c1ccc(C(C)C)cc1. The fourth-order valence-electron chi connectivity index (χ4n) is 3.62. The summed E-state index contributed by atoms with van der Waals surface area (Å²) in [7, 11) is 0. The number of hydrogen-bond acceptors (Lipinski definition) is 4. The van der Waals surface area contributed by atoms with Gasteiger partial charge in [0.15, 0.2) is 11.5 Å². The Bertz CT molecular complexity index is 699. The van der Waals surface area contributed by atoms with Crippen LogP contribution in [0.2, 0.25) is 0 Å². The van der Waals surface area contributed by atoms with Crippen molar-refractivity contribution < 1.29 is 19.4 Å². The van der Waals surface area contributed by atoms with E-state index in [0.717, 1.165) is 18.4 Å². The van der Waals surface area contributed by atoms with Gasteiger partial charge in [-0.1, -0.05) is 38.1 Å². The van der Waals surface area contributed by atoms with Crippen molar-refractivity contribution >= 4 is 11.7 Å². The highest BCUT2D eigenvalue weighted by Gasteiger charge is 2.43. The number of Topliss-reactive ketones (excluding diaryl/α,β-unsaturated/α-hetero) is 1. The maximum atomic E-state index is 12.6. The van der Waals surface area contributed by atoms with E-state index in [0.29, 0.717) is 19.1 Å². The zero-order valence-corrected chi connectivity index (χ0v) is 15.0. The molecule has 1 N–H and O–H groups in total. The summed E-state index contributed by atoms with van der Waals surface area (Å²) >= 11 is 0. The summed E-state index contributed by atoms with van der Waals surface area (Å²) in [5.41, 5.74) is 2.21. The number of hydrogen-bond donors (Lipinski definition) is 1. The van der Waals surface area contributed by atoms with Crippen molar-refractivity contribution in [2.75, 3.05) is 13.2 Å². The number of aliphatic hydroxyl groups excluding tert-OH is 1. The molecule has 2 heterocycles. The van der Waals surface area contributed by atoms with E-state index in [1.54, 1.807) is 4.90 Å². The summed E-state index contributed by atoms with van der Waals surface area (Å²) in [6.07, 6.45) is 1.82. The Balaban J connectivity index is 1.96. The normalized spacial score (nSPS) is 23.8. The van der Waals surface area contributed by atoms with E-state index >= 15 is 0 Å². The van der Waals surface area contributed by atoms with E-state index in [1.165, 1.54) is 12.5 Å². The van der Waals surface area contributed by atoms with Crippen LogP contribution in [0.4, 0.5) is 0 Å². The Kier molecular flexibility index (Phi) is 4.95. The van der Waals surface area contributed by atoms with Crippen LogP contribution in [-0.4, -0.2) is 41.0 Å². The van der Waals surface area contributed by atoms with E-state index in [1.807, 2.05) is 24.3 Å². The van der Waals surface area contributed by atoms with Gasteiger partial charge in [-0.2, -0.15) is 0 Å². The highest BCUT2D eigenvalue weighted by atomic mass is 16.5. The van der Waals surface area contributed by atoms with E-state index in [-0.39, 0.29) is 17.5 Å². The molecule has 5 heteroatoms. The predicted octanol–water partition coefficient (Wildman–Crippen LogP) is 3.27. The van der Waals surface area contributed by atoms with Crippen LogP contribution in [0.25, 0.3) is 0 Å². The van der Waals surface area contributed by atoms with Gasteiger partial charge in [-0.25, -0.2) is 0 Å². The fourth-order valence-corrected chi connectivity index (χ4v) is 3.62. The van der Waals surface area contributed by atoms with E-state index < -0.39 is 17.7 Å². The molecule has 0 spiro atoms. The number of benzene rings is 1. The number of aliphatic hydroxyl groups is 1. The predicted molar refractivity (Wildman–Crippen MR) is 94.3 cm³/mol. The second kappa shape index (κ2) is 7.00. The van der Waals surface area contributed by atoms with Gasteiger partial charge < -0.3 is 14.7 Å². The van der Waals surface area contributed by atoms with Crippen LogP contribution in [0.1, 0.15) is 56.7 Å². The lowest BCUT2D eigenvalue weighted by Crippen LogP contribution is -2.37. The Morgan fingerprint density at radius 3 is 2.52 bits per heavy atom. The minimum atomic E-state index is -0.546. The summed E-state index contributed by atoms with van der Waals surface area (Å²) in [6.45, 7) is 6.70. The van der Waals surface area contributed by atoms with Gasteiger partial charge in [0.1, 0.15) is 0 Å². The minimum Gasteiger partial charge on any atom is -0.503 e. The molecule has 0 unspecified atom stereocenters. The second-order valence-corrected chi connectivity index (χ2v) is 7.13. The van der Waals surface area contributed by atoms with Crippen LogP contribution >= 0.6 is 0 Å². The smallest absolute Gasteiger partial charge is 0.290 e. The van der Waals surface area contributed by atoms with Gasteiger partial charge >= 0.3 is 0 Å². The molecule has 1 aromatic rings. The molecule has 5 nitrogen and oxygen atoms in total. The van der Waals surface area contributed by atoms with Crippen molar-refractivity contribution in [2.45, 2.75) is 51.7 Å². The number of carbonyl (C=O) groups is 2. The Hall–Kier alpha value is -2.14. The Morgan fingerprint density at radius 2 is 2.00 bits per heavy atom. The zero-order chi connectivity index (χ0) is 18.1. The second-order valence-electron chi connectivity index (χ2n) is 7.13. The topological polar surface area (TPSA) is 66.8 Å². The van der Waals surface area contributed by atoms with E-state index in [2.05, 4.69) is 13.8 Å². The third kappa shape index (κ3) is 3.33. The summed E-state index contributed by atoms with van der Waals surface area (Å²) < 4.78 is 5.65. The van der Waals surface area contributed by atoms with Crippen LogP contribution in [0.15, 0.2) is 35.6 Å². The van der Waals surface area contributed by atoms with Crippen molar-refractivity contribution in [2.24, 2.45) is 0 Å². The molecule has 2 aliphatic heterocycles. The lowest BCUT2D eigenvalue weighted by atomic mass is 9.94. The number of carbonyl (C=O) groups excluding carboxylic acids is 2. The molecule has 0 aromatic heterocycles. The Morgan fingerprint density at radius 1 is 1.32 bits per heavy atom. The minimum absolute atomic E-state index is 0.0412. The fraction of sp³-hybridized carbons (Fsp3) is 0.500. The average Bonchev–Trinajstić information content (AvgIpc) is 3.17. The van der Waals surface area contributed by atoms with Crippen LogP contribution in [0, 0.1) is 0 Å². The summed E-state index contributed by atoms with van der Waals surface area (Å²) in [5, 5.41) is 10.3. The number of rotatable bonds is 5. The first kappa shape index (κ1) is 17.7. The maximum Gasteiger partial charge on any atom is 0.290 e. The first-order chi connectivity index (χ1) is 11.9. The number of ketones is 1. The van der Waals surface area contributed by atoms with Crippen LogP contribution < -0.4 is 0 Å². The standard InChI is InChI=1S/C20H25NO4/c1-12(2)14-6-8-15(9-7-14)18-17(13(3)22)19(23)20(24)21(18)11-16-5-4-10-25-16/h6-9,12,16,18,23H,4-5,10-11H2,1-3H3/t16-,18+/m1/s1. The molecule has 134 valence electrons. The third-order valence-corrected chi connectivity index (χ3v) is 5.03. The maximum absolute atomic E-state index is 12.6. The third-order valence-electron chi connectivity index (χ3n) is 5.03. The van der Waals surface area contributed by atoms with Crippen molar-refractivity contribution in [3.05, 3.63) is 46.7 Å². The van der Waals surface area contributed by atoms with Gasteiger partial charge in [0, 0.05) is 13.2 Å². The molecule has 0 bridgehead atoms. The lowest BCUT2D eigenvalue weighted by Gasteiger charge is -2.29. The highest BCUT2D eigenvalue weighted by molar-refractivity contribution is 6.08. The van der Waals surface area contributed by atoms with Crippen LogP contribution in [-0.2, 0) is 14.3 Å². The first-order valence-electron chi connectivity index (χ1n) is 8.86. The highest BCUT2D eigenvalue weighted by Crippen LogP contribution is 2.38. The molecule has 0 aliphatic carbocycles. The first-order valence-corrected chi connectivity index (χ1v) is 8.86. The average molecular weight is 343 g/mol. The molecular weight excluding hydrogens is 318 g/mol. The van der Waals surface area contributed by atoms with Gasteiger partial charge in [-0.3, -0.25) is 9.59 Å². The molecule has 1 saturated heterocycles. The molecule has 1 fully saturated rings. The van der Waals surface area contributed by atoms with Gasteiger partial charge in [0.05, 0.1) is 17.7 Å². The quantitative estimate of drug-likeness (QED) is 0.891. The zero-order valence-electron chi connectivity index (χ0n) is 15.0. The van der Waals surface area contributed by atoms with Gasteiger partial charge in [-0.15, -0.1) is 0 Å². The number of ether oxygens (including phenoxy) is 1. The summed E-state index contributed by atoms with van der Waals surface area (Å²) in [4.78, 5) is 26.3. The van der Waals surface area contributed by atoms with Crippen molar-refractivity contribution in [1.82, 2.24) is 4.90 Å². The van der Waals surface area contributed by atoms with E-state index in [9.17, 15) is 14.7 Å². The lowest BCUT2D eigenvalue weighted by molar-refractivity contribution is -0.131. The Labute approximate surface area is 148 Å². The molecule has 2 aliphatic rings. The van der Waals surface area contributed by atoms with E-state index in [4.69, 9.17) is 4.74 Å². The molecule has 0 radical (unpaired) electrons. The molecule has 25 heavy (non-hydrogen) atoms. The number of amides is 1. The van der Waals surface area contributed by atoms with Crippen molar-refractivity contribution in [1.29, 1.82) is 0 Å². The molecule has 1 amide bonds. The van der Waals surface area contributed by atoms with Crippen LogP contribution in [0.3, 0.4) is 0 Å². The van der Waals surface area contributed by atoms with Gasteiger partial charge in [-0.05, 0) is 36.8 Å². The molecule has 0 saturated carbocycles. The molecule has 1 aromatic carbocycles.